The van der Waals surface area contributed by atoms with E-state index in [1.807, 2.05) is 6.07 Å². The summed E-state index contributed by atoms with van der Waals surface area (Å²) in [6.07, 6.45) is 14.3. The minimum absolute atomic E-state index is 0.852. The number of carboxylic acids is 1. The van der Waals surface area contributed by atoms with Gasteiger partial charge in [-0.25, -0.2) is 0 Å². The molecular formula is C28H38O4Pd. The molecule has 2 fully saturated rings. The fraction of sp³-hybridized carbons (Fsp3) is 0.536. The first-order valence-corrected chi connectivity index (χ1v) is 14.7. The van der Waals surface area contributed by atoms with Crippen LogP contribution in [0.2, 0.25) is 8.78 Å². The Morgan fingerprint density at radius 2 is 1.24 bits per heavy atom. The quantitative estimate of drug-likeness (QED) is 0.426. The molecule has 0 heterocycles. The Labute approximate surface area is 205 Å². The van der Waals surface area contributed by atoms with Crippen molar-refractivity contribution in [2.75, 3.05) is 14.2 Å². The fourth-order valence-electron chi connectivity index (χ4n) is 4.86. The topological polar surface area (TPSA) is 58.6 Å². The van der Waals surface area contributed by atoms with Crippen molar-refractivity contribution in [1.82, 2.24) is 0 Å². The van der Waals surface area contributed by atoms with Crippen LogP contribution in [0.4, 0.5) is 0 Å². The summed E-state index contributed by atoms with van der Waals surface area (Å²) in [6, 6.07) is 15.4. The molecule has 0 radical (unpaired) electrons. The number of hydrogen-bond acceptors (Lipinski definition) is 4. The normalized spacial score (nSPS) is 17.5. The first-order valence-electron chi connectivity index (χ1n) is 12.1. The number of carbonyl (C=O) groups excluding carboxylic acids is 1. The molecule has 5 heteroatoms. The molecule has 2 aliphatic rings. The zero-order chi connectivity index (χ0) is 23.6. The van der Waals surface area contributed by atoms with E-state index in [2.05, 4.69) is 36.4 Å². The zero-order valence-corrected chi connectivity index (χ0v) is 21.8. The molecule has 2 aromatic rings. The summed E-state index contributed by atoms with van der Waals surface area (Å²) in [5, 5.41) is 8.89. The molecule has 0 saturated heterocycles. The molecule has 2 aromatic carbocycles. The first kappa shape index (κ1) is 25.8. The number of rotatable bonds is 6. The summed E-state index contributed by atoms with van der Waals surface area (Å²) < 4.78 is 15.1. The number of carbonyl (C=O) groups is 1. The molecule has 0 unspecified atom stereocenters. The van der Waals surface area contributed by atoms with Crippen LogP contribution in [0.1, 0.15) is 71.1 Å². The van der Waals surface area contributed by atoms with E-state index in [0.717, 1.165) is 32.8 Å². The van der Waals surface area contributed by atoms with Crippen molar-refractivity contribution in [2.45, 2.75) is 79.9 Å². The standard InChI is InChI=1S/C14H13O2.2C6H11.C2H4O2.Pd/c1-15-12-9-6-10-13(16-2)14(12)11-7-4-3-5-8-11;2*1-2-4-6-5-3-1;1-2(3)4;/h3-7,9-10H,1-2H3;2*1H,2-6H2;1H3,(H,3,4);/q;;;;+1/p-1. The number of carboxylic acid groups (broad SMARTS) is 1. The molecule has 0 N–H and O–H groups in total. The summed E-state index contributed by atoms with van der Waals surface area (Å²) >= 11 is -0.852. The van der Waals surface area contributed by atoms with E-state index in [0.29, 0.717) is 0 Å². The molecule has 33 heavy (non-hydrogen) atoms. The van der Waals surface area contributed by atoms with Crippen molar-refractivity contribution in [3.8, 4) is 22.6 Å². The van der Waals surface area contributed by atoms with Gasteiger partial charge >= 0.3 is 183 Å². The Morgan fingerprint density at radius 3 is 1.70 bits per heavy atom. The van der Waals surface area contributed by atoms with E-state index < -0.39 is 22.7 Å². The van der Waals surface area contributed by atoms with Gasteiger partial charge in [0.15, 0.2) is 0 Å². The third-order valence-electron chi connectivity index (χ3n) is 6.30. The number of aliphatic carboxylic acids is 1. The third kappa shape index (κ3) is 6.84. The van der Waals surface area contributed by atoms with E-state index in [-0.39, 0.29) is 0 Å². The Hall–Kier alpha value is -1.83. The molecule has 0 spiro atoms. The molecule has 0 amide bonds. The van der Waals surface area contributed by atoms with Crippen LogP contribution in [-0.2, 0) is 21.6 Å². The summed E-state index contributed by atoms with van der Waals surface area (Å²) in [4.78, 5) is 8.89. The molecule has 0 bridgehead atoms. The maximum atomic E-state index is 8.89. The second kappa shape index (κ2) is 13.2. The Kier molecular flexibility index (Phi) is 10.3. The molecule has 2 aliphatic carbocycles. The van der Waals surface area contributed by atoms with Crippen molar-refractivity contribution >= 4 is 10.0 Å². The summed E-state index contributed by atoms with van der Waals surface area (Å²) in [5.74, 6) is 0.765. The van der Waals surface area contributed by atoms with E-state index in [9.17, 15) is 0 Å². The zero-order valence-electron chi connectivity index (χ0n) is 20.2. The second-order valence-electron chi connectivity index (χ2n) is 8.63. The van der Waals surface area contributed by atoms with Gasteiger partial charge in [0, 0.05) is 5.97 Å². The predicted molar refractivity (Wildman–Crippen MR) is 129 cm³/mol. The summed E-state index contributed by atoms with van der Waals surface area (Å²) in [7, 11) is 3.55. The van der Waals surface area contributed by atoms with Gasteiger partial charge in [-0.2, -0.15) is 0 Å². The van der Waals surface area contributed by atoms with Crippen LogP contribution < -0.4 is 18.6 Å². The molecule has 0 aromatic heterocycles. The van der Waals surface area contributed by atoms with Crippen LogP contribution >= 0.6 is 0 Å². The van der Waals surface area contributed by atoms with E-state index >= 15 is 0 Å². The summed E-state index contributed by atoms with van der Waals surface area (Å²) in [5.41, 5.74) is 2.50. The predicted octanol–water partition coefficient (Wildman–Crippen LogP) is 5.88. The van der Waals surface area contributed by atoms with Crippen molar-refractivity contribution < 1.29 is 36.1 Å². The average Bonchev–Trinajstić information content (AvgIpc) is 2.85. The monoisotopic (exact) mass is 544 g/mol. The SMILES string of the molecule is CC(=O)[O-].COc1cccc(OC)c1-c1cccc[c]1[Pd+]([CH]1CCCCC1)[CH]1CCCCC1. The molecule has 4 nitrogen and oxygen atoms in total. The number of methoxy groups -OCH3 is 2. The minimum atomic E-state index is -1.08. The number of hydrogen-bond donors (Lipinski definition) is 0. The molecular weight excluding hydrogens is 507 g/mol. The van der Waals surface area contributed by atoms with E-state index in [4.69, 9.17) is 19.4 Å². The van der Waals surface area contributed by atoms with Crippen LogP contribution in [0.25, 0.3) is 11.1 Å². The second-order valence-corrected chi connectivity index (χ2v) is 13.4. The van der Waals surface area contributed by atoms with Gasteiger partial charge in [0.25, 0.3) is 0 Å². The van der Waals surface area contributed by atoms with Crippen LogP contribution in [0.5, 0.6) is 11.5 Å². The van der Waals surface area contributed by atoms with Crippen LogP contribution in [-0.4, -0.2) is 20.2 Å². The van der Waals surface area contributed by atoms with Crippen LogP contribution in [0.3, 0.4) is 0 Å². The summed E-state index contributed by atoms with van der Waals surface area (Å²) in [6.45, 7) is 0.972. The van der Waals surface area contributed by atoms with Crippen molar-refractivity contribution in [1.29, 1.82) is 0 Å². The van der Waals surface area contributed by atoms with E-state index in [1.165, 1.54) is 69.8 Å². The Bertz CT molecular complexity index is 841. The molecule has 184 valence electrons. The molecule has 0 atom stereocenters. The van der Waals surface area contributed by atoms with Gasteiger partial charge < -0.3 is 9.90 Å². The van der Waals surface area contributed by atoms with E-state index in [1.54, 1.807) is 18.3 Å². The van der Waals surface area contributed by atoms with Gasteiger partial charge in [-0.15, -0.1) is 0 Å². The third-order valence-corrected chi connectivity index (χ3v) is 12.5. The van der Waals surface area contributed by atoms with Crippen molar-refractivity contribution in [3.63, 3.8) is 0 Å². The van der Waals surface area contributed by atoms with Crippen molar-refractivity contribution in [2.24, 2.45) is 0 Å². The number of benzene rings is 2. The van der Waals surface area contributed by atoms with Gasteiger partial charge in [0.05, 0.1) is 0 Å². The van der Waals surface area contributed by atoms with Gasteiger partial charge in [-0.05, 0) is 6.92 Å². The Morgan fingerprint density at radius 1 is 0.788 bits per heavy atom. The molecule has 2 saturated carbocycles. The van der Waals surface area contributed by atoms with Gasteiger partial charge in [-0.3, -0.25) is 0 Å². The Balaban J connectivity index is 0.000000709. The molecule has 0 aliphatic heterocycles. The van der Waals surface area contributed by atoms with Crippen molar-refractivity contribution in [3.05, 3.63) is 42.5 Å². The van der Waals surface area contributed by atoms with Gasteiger partial charge in [0.1, 0.15) is 0 Å². The number of ether oxygens (including phenoxy) is 2. The first-order chi connectivity index (χ1) is 16.1. The molecule has 4 rings (SSSR count). The van der Waals surface area contributed by atoms with Gasteiger partial charge in [-0.1, -0.05) is 0 Å². The van der Waals surface area contributed by atoms with Crippen LogP contribution in [0, 0.1) is 0 Å². The maximum absolute atomic E-state index is 8.89. The fourth-order valence-corrected chi connectivity index (χ4v) is 11.7. The average molecular weight is 545 g/mol. The van der Waals surface area contributed by atoms with Crippen LogP contribution in [0.15, 0.2) is 42.5 Å². The van der Waals surface area contributed by atoms with Gasteiger partial charge in [0.2, 0.25) is 0 Å².